The predicted octanol–water partition coefficient (Wildman–Crippen LogP) is 3.81. The normalized spacial score (nSPS) is 11.7. The van der Waals surface area contributed by atoms with E-state index in [9.17, 15) is 13.2 Å². The highest BCUT2D eigenvalue weighted by Crippen LogP contribution is 2.22. The smallest absolute Gasteiger partial charge is 0.171 e. The molecule has 0 atom stereocenters. The Morgan fingerprint density at radius 1 is 1.33 bits per heavy atom. The van der Waals surface area contributed by atoms with Crippen molar-refractivity contribution in [3.05, 3.63) is 11.6 Å². The molecule has 0 nitrogen and oxygen atoms in total. The highest BCUT2D eigenvalue weighted by molar-refractivity contribution is 7.99. The first-order valence-electron chi connectivity index (χ1n) is 3.39. The van der Waals surface area contributed by atoms with Crippen LogP contribution in [0.4, 0.5) is 13.2 Å². The van der Waals surface area contributed by atoms with Gasteiger partial charge in [-0.15, -0.1) is 0 Å². The second kappa shape index (κ2) is 5.75. The van der Waals surface area contributed by atoms with E-state index in [1.807, 2.05) is 0 Å². The lowest BCUT2D eigenvalue weighted by Gasteiger charge is -2.04. The van der Waals surface area contributed by atoms with Crippen LogP contribution in [0.5, 0.6) is 0 Å². The van der Waals surface area contributed by atoms with E-state index in [2.05, 4.69) is 6.58 Å². The van der Waals surface area contributed by atoms with Gasteiger partial charge in [-0.05, 0) is 12.2 Å². The van der Waals surface area contributed by atoms with Crippen molar-refractivity contribution < 1.29 is 13.2 Å². The Morgan fingerprint density at radius 2 is 1.92 bits per heavy atom. The molecule has 0 radical (unpaired) electrons. The molecule has 0 spiro atoms. The molecule has 0 aromatic heterocycles. The number of halogens is 4. The molecule has 0 fully saturated rings. The maximum Gasteiger partial charge on any atom is 0.389 e. The van der Waals surface area contributed by atoms with Crippen molar-refractivity contribution in [1.82, 2.24) is 0 Å². The molecule has 0 bridgehead atoms. The molecule has 0 heterocycles. The van der Waals surface area contributed by atoms with Crippen LogP contribution in [-0.4, -0.2) is 17.7 Å². The molecule has 12 heavy (non-hydrogen) atoms. The van der Waals surface area contributed by atoms with Gasteiger partial charge in [-0.2, -0.15) is 24.9 Å². The van der Waals surface area contributed by atoms with Gasteiger partial charge in [0.1, 0.15) is 0 Å². The fourth-order valence-corrected chi connectivity index (χ4v) is 1.65. The molecule has 0 amide bonds. The number of thioether (sulfide) groups is 1. The van der Waals surface area contributed by atoms with Crippen LogP contribution in [-0.2, 0) is 0 Å². The van der Waals surface area contributed by atoms with Gasteiger partial charge in [0.25, 0.3) is 0 Å². The Morgan fingerprint density at radius 3 is 2.33 bits per heavy atom. The zero-order chi connectivity index (χ0) is 9.61. The first kappa shape index (κ1) is 12.2. The van der Waals surface area contributed by atoms with E-state index in [1.165, 1.54) is 11.8 Å². The molecule has 5 heteroatoms. The lowest BCUT2D eigenvalue weighted by atomic mass is 10.5. The number of alkyl halides is 3. The molecule has 0 saturated carbocycles. The first-order valence-corrected chi connectivity index (χ1v) is 4.93. The Labute approximate surface area is 79.2 Å². The molecule has 0 aromatic carbocycles. The highest BCUT2D eigenvalue weighted by atomic mass is 35.5. The van der Waals surface area contributed by atoms with Crippen LogP contribution in [0.25, 0.3) is 0 Å². The summed E-state index contributed by atoms with van der Waals surface area (Å²) in [5, 5.41) is 0.495. The highest BCUT2D eigenvalue weighted by Gasteiger charge is 2.25. The van der Waals surface area contributed by atoms with Gasteiger partial charge in [0.2, 0.25) is 0 Å². The summed E-state index contributed by atoms with van der Waals surface area (Å²) in [5.74, 6) is 0.714. The summed E-state index contributed by atoms with van der Waals surface area (Å²) in [5.41, 5.74) is 0. The van der Waals surface area contributed by atoms with Gasteiger partial charge in [-0.1, -0.05) is 18.2 Å². The van der Waals surface area contributed by atoms with Crippen LogP contribution in [0.2, 0.25) is 0 Å². The van der Waals surface area contributed by atoms with E-state index in [0.29, 0.717) is 17.2 Å². The zero-order valence-electron chi connectivity index (χ0n) is 6.46. The predicted molar refractivity (Wildman–Crippen MR) is 47.6 cm³/mol. The minimum Gasteiger partial charge on any atom is -0.171 e. The fourth-order valence-electron chi connectivity index (χ4n) is 0.473. The van der Waals surface area contributed by atoms with E-state index in [1.54, 1.807) is 0 Å². The van der Waals surface area contributed by atoms with E-state index in [4.69, 9.17) is 11.6 Å². The lowest BCUT2D eigenvalue weighted by molar-refractivity contribution is -0.129. The summed E-state index contributed by atoms with van der Waals surface area (Å²) in [6.45, 7) is 3.43. The fraction of sp³-hybridized carbons (Fsp3) is 0.714. The third kappa shape index (κ3) is 10.2. The maximum atomic E-state index is 11.6. The van der Waals surface area contributed by atoms with Crippen LogP contribution < -0.4 is 0 Å². The molecule has 0 aliphatic carbocycles. The SMILES string of the molecule is C=C(Cl)CCSCCC(F)(F)F. The molecule has 0 aliphatic heterocycles. The summed E-state index contributed by atoms with van der Waals surface area (Å²) < 4.78 is 34.8. The van der Waals surface area contributed by atoms with E-state index in [0.717, 1.165) is 0 Å². The van der Waals surface area contributed by atoms with Gasteiger partial charge in [0, 0.05) is 10.8 Å². The second-order valence-electron chi connectivity index (χ2n) is 2.24. The van der Waals surface area contributed by atoms with Gasteiger partial charge in [0.05, 0.1) is 6.42 Å². The molecule has 72 valence electrons. The van der Waals surface area contributed by atoms with Gasteiger partial charge in [-0.3, -0.25) is 0 Å². The lowest BCUT2D eigenvalue weighted by Crippen LogP contribution is -2.08. The summed E-state index contributed by atoms with van der Waals surface area (Å²) in [7, 11) is 0. The van der Waals surface area contributed by atoms with E-state index >= 15 is 0 Å². The van der Waals surface area contributed by atoms with Crippen LogP contribution in [0.15, 0.2) is 11.6 Å². The Balaban J connectivity index is 3.17. The first-order chi connectivity index (χ1) is 5.42. The molecular formula is C7H10ClF3S. The third-order valence-electron chi connectivity index (χ3n) is 1.05. The average Bonchev–Trinajstić information content (AvgIpc) is 1.83. The van der Waals surface area contributed by atoms with Crippen molar-refractivity contribution in [2.45, 2.75) is 19.0 Å². The third-order valence-corrected chi connectivity index (χ3v) is 2.22. The van der Waals surface area contributed by atoms with Crippen molar-refractivity contribution in [2.75, 3.05) is 11.5 Å². The van der Waals surface area contributed by atoms with Crippen molar-refractivity contribution in [1.29, 1.82) is 0 Å². The molecule has 0 N–H and O–H groups in total. The van der Waals surface area contributed by atoms with Gasteiger partial charge >= 0.3 is 6.18 Å². The summed E-state index contributed by atoms with van der Waals surface area (Å²) in [6.07, 6.45) is -4.19. The van der Waals surface area contributed by atoms with Crippen LogP contribution in [0.1, 0.15) is 12.8 Å². The summed E-state index contributed by atoms with van der Waals surface area (Å²) in [6, 6.07) is 0. The maximum absolute atomic E-state index is 11.6. The summed E-state index contributed by atoms with van der Waals surface area (Å²) in [4.78, 5) is 0. The molecule has 0 aromatic rings. The summed E-state index contributed by atoms with van der Waals surface area (Å²) >= 11 is 6.66. The monoisotopic (exact) mass is 218 g/mol. The minimum absolute atomic E-state index is 0.105. The van der Waals surface area contributed by atoms with Gasteiger partial charge < -0.3 is 0 Å². The van der Waals surface area contributed by atoms with Crippen molar-refractivity contribution in [3.8, 4) is 0 Å². The number of hydrogen-bond acceptors (Lipinski definition) is 1. The largest absolute Gasteiger partial charge is 0.389 e. The Bertz CT molecular complexity index is 144. The minimum atomic E-state index is -4.04. The standard InChI is InChI=1S/C7H10ClF3S/c1-6(8)2-4-12-5-3-7(9,10)11/h1-5H2. The topological polar surface area (TPSA) is 0 Å². The number of rotatable bonds is 5. The van der Waals surface area contributed by atoms with Crippen molar-refractivity contribution in [3.63, 3.8) is 0 Å². The van der Waals surface area contributed by atoms with Crippen LogP contribution in [0.3, 0.4) is 0 Å². The average molecular weight is 219 g/mol. The molecule has 0 rings (SSSR count). The Kier molecular flexibility index (Phi) is 5.84. The van der Waals surface area contributed by atoms with Crippen molar-refractivity contribution >= 4 is 23.4 Å². The van der Waals surface area contributed by atoms with E-state index in [-0.39, 0.29) is 5.75 Å². The number of hydrogen-bond donors (Lipinski definition) is 0. The van der Waals surface area contributed by atoms with E-state index < -0.39 is 12.6 Å². The molecular weight excluding hydrogens is 209 g/mol. The van der Waals surface area contributed by atoms with Gasteiger partial charge in [0.15, 0.2) is 0 Å². The molecule has 0 unspecified atom stereocenters. The molecule has 0 saturated heterocycles. The van der Waals surface area contributed by atoms with Crippen molar-refractivity contribution in [2.24, 2.45) is 0 Å². The van der Waals surface area contributed by atoms with Gasteiger partial charge in [-0.25, -0.2) is 0 Å². The number of allylic oxidation sites excluding steroid dienone is 1. The van der Waals surface area contributed by atoms with Crippen LogP contribution in [0, 0.1) is 0 Å². The quantitative estimate of drug-likeness (QED) is 0.633. The Hall–Kier alpha value is 0.170. The van der Waals surface area contributed by atoms with Crippen LogP contribution >= 0.6 is 23.4 Å². The second-order valence-corrected chi connectivity index (χ2v) is 4.00. The molecule has 0 aliphatic rings. The zero-order valence-corrected chi connectivity index (χ0v) is 8.03.